The fourth-order valence-corrected chi connectivity index (χ4v) is 4.36. The van der Waals surface area contributed by atoms with Crippen molar-refractivity contribution in [2.45, 2.75) is 25.3 Å². The van der Waals surface area contributed by atoms with Crippen molar-refractivity contribution in [3.8, 4) is 11.5 Å². The molecule has 5 N–H and O–H groups in total. The first-order chi connectivity index (χ1) is 18.1. The van der Waals surface area contributed by atoms with E-state index in [9.17, 15) is 39.2 Å². The van der Waals surface area contributed by atoms with Crippen LogP contribution in [0.2, 0.25) is 0 Å². The van der Waals surface area contributed by atoms with Crippen molar-refractivity contribution in [3.05, 3.63) is 59.2 Å². The van der Waals surface area contributed by atoms with Gasteiger partial charge in [-0.05, 0) is 30.5 Å². The van der Waals surface area contributed by atoms with Crippen molar-refractivity contribution in [1.29, 1.82) is 0 Å². The van der Waals surface area contributed by atoms with Crippen molar-refractivity contribution in [1.82, 2.24) is 20.4 Å². The van der Waals surface area contributed by atoms with Crippen LogP contribution in [-0.2, 0) is 20.8 Å². The van der Waals surface area contributed by atoms with E-state index < -0.39 is 60.1 Å². The number of urea groups is 1. The molecule has 13 nitrogen and oxygen atoms in total. The van der Waals surface area contributed by atoms with Gasteiger partial charge >= 0.3 is 30.9 Å². The van der Waals surface area contributed by atoms with E-state index in [1.165, 1.54) is 17.0 Å². The van der Waals surface area contributed by atoms with E-state index in [-0.39, 0.29) is 25.3 Å². The van der Waals surface area contributed by atoms with Crippen LogP contribution in [0.3, 0.4) is 0 Å². The molecule has 1 fully saturated rings. The van der Waals surface area contributed by atoms with Crippen LogP contribution in [-0.4, -0.2) is 87.5 Å². The van der Waals surface area contributed by atoms with Crippen LogP contribution in [0.1, 0.15) is 34.5 Å². The lowest BCUT2D eigenvalue weighted by molar-refractivity contribution is -0.153. The summed E-state index contributed by atoms with van der Waals surface area (Å²) in [5.74, 6) is -5.81. The van der Waals surface area contributed by atoms with Gasteiger partial charge in [0, 0.05) is 19.6 Å². The summed E-state index contributed by atoms with van der Waals surface area (Å²) < 4.78 is 5.34. The number of piperazine rings is 1. The molecule has 198 valence electrons. The number of likely N-dealkylation sites (N-methyl/N-ethyl adjacent to an activating group) is 1. The number of benzene rings is 2. The molecule has 0 bridgehead atoms. The Bertz CT molecular complexity index is 1290. The zero-order valence-electron chi connectivity index (χ0n) is 20.3. The molecule has 2 heterocycles. The second-order valence-electron chi connectivity index (χ2n) is 8.72. The minimum atomic E-state index is -1.67. The van der Waals surface area contributed by atoms with E-state index >= 15 is 0 Å². The molecule has 0 spiro atoms. The van der Waals surface area contributed by atoms with Gasteiger partial charge in [-0.1, -0.05) is 36.4 Å². The van der Waals surface area contributed by atoms with Crippen LogP contribution in [0, 0.1) is 0 Å². The van der Waals surface area contributed by atoms with E-state index in [1.807, 2.05) is 0 Å². The fourth-order valence-electron chi connectivity index (χ4n) is 4.36. The number of nitrogens with one attached hydrogen (secondary N) is 2. The van der Waals surface area contributed by atoms with E-state index in [1.54, 1.807) is 37.3 Å². The molecule has 1 saturated heterocycles. The molecule has 4 rings (SSSR count). The van der Waals surface area contributed by atoms with Gasteiger partial charge in [0.2, 0.25) is 5.91 Å². The maximum atomic E-state index is 13.4. The number of hydrogen-bond acceptors (Lipinski definition) is 8. The molecular formula is C24H25BN4O9. The van der Waals surface area contributed by atoms with Gasteiger partial charge in [-0.25, -0.2) is 9.59 Å². The predicted octanol–water partition coefficient (Wildman–Crippen LogP) is -0.329. The molecule has 38 heavy (non-hydrogen) atoms. The minimum Gasteiger partial charge on any atom is -0.534 e. The number of aromatic hydroxyl groups is 1. The molecule has 2 atom stereocenters. The molecule has 5 amide bonds. The van der Waals surface area contributed by atoms with Crippen molar-refractivity contribution >= 4 is 36.8 Å². The van der Waals surface area contributed by atoms with Gasteiger partial charge in [0.1, 0.15) is 23.1 Å². The van der Waals surface area contributed by atoms with Crippen molar-refractivity contribution in [2.75, 3.05) is 19.6 Å². The quantitative estimate of drug-likeness (QED) is 0.249. The van der Waals surface area contributed by atoms with Gasteiger partial charge < -0.3 is 35.4 Å². The molecule has 2 aromatic carbocycles. The van der Waals surface area contributed by atoms with Gasteiger partial charge in [0.25, 0.3) is 0 Å². The zero-order chi connectivity index (χ0) is 27.6. The van der Waals surface area contributed by atoms with Crippen LogP contribution in [0.15, 0.2) is 42.5 Å². The largest absolute Gasteiger partial charge is 0.547 e. The lowest BCUT2D eigenvalue weighted by atomic mass is 9.72. The minimum absolute atomic E-state index is 0.0375. The van der Waals surface area contributed by atoms with Crippen LogP contribution >= 0.6 is 0 Å². The number of fused-ring (bicyclic) bond motifs is 1. The summed E-state index contributed by atoms with van der Waals surface area (Å²) in [6.45, 7) is 2.15. The molecular weight excluding hydrogens is 499 g/mol. The second kappa shape index (κ2) is 10.8. The Labute approximate surface area is 217 Å². The number of amides is 5. The molecule has 2 aromatic rings. The third-order valence-electron chi connectivity index (χ3n) is 6.38. The summed E-state index contributed by atoms with van der Waals surface area (Å²) in [6.07, 6.45) is -0.0375. The summed E-state index contributed by atoms with van der Waals surface area (Å²) >= 11 is 0. The SMILES string of the molecule is CCN1CCN(C(=O)NC(C(=O)N[C@H]2Cc3ccc(O)c(C(=O)O)c3OB2O)c2ccccc2)C(=O)C1=O. The standard InChI is InChI=1S/C24H25BN4O9/c1-2-28-10-11-29(22(33)21(28)32)24(36)27-18(13-6-4-3-5-7-13)20(31)26-16-12-14-8-9-15(30)17(23(34)35)19(14)38-25(16)37/h3-9,16,18,30,37H,2,10-12H2,1H3,(H,26,31)(H,27,36)(H,34,35)/t16-,18?/m0/s1. The Balaban J connectivity index is 1.54. The number of aromatic carboxylic acids is 1. The number of nitrogens with zero attached hydrogens (tertiary/aromatic N) is 2. The number of carboxylic acid groups (broad SMARTS) is 1. The van der Waals surface area contributed by atoms with Crippen LogP contribution < -0.4 is 15.3 Å². The molecule has 14 heteroatoms. The van der Waals surface area contributed by atoms with Gasteiger partial charge in [-0.2, -0.15) is 0 Å². The Morgan fingerprint density at radius 2 is 1.82 bits per heavy atom. The summed E-state index contributed by atoms with van der Waals surface area (Å²) in [5.41, 5.74) is 0.186. The average Bonchev–Trinajstić information content (AvgIpc) is 2.89. The van der Waals surface area contributed by atoms with Gasteiger partial charge in [-0.3, -0.25) is 19.3 Å². The van der Waals surface area contributed by atoms with E-state index in [0.717, 1.165) is 4.90 Å². The highest BCUT2D eigenvalue weighted by atomic mass is 16.5. The average molecular weight is 524 g/mol. The lowest BCUT2D eigenvalue weighted by Crippen LogP contribution is -2.60. The Hall–Kier alpha value is -4.59. The molecule has 2 aliphatic heterocycles. The number of imide groups is 1. The first-order valence-electron chi connectivity index (χ1n) is 11.8. The number of hydrogen-bond donors (Lipinski definition) is 5. The van der Waals surface area contributed by atoms with E-state index in [2.05, 4.69) is 10.6 Å². The molecule has 0 aromatic heterocycles. The Morgan fingerprint density at radius 3 is 2.47 bits per heavy atom. The first-order valence-corrected chi connectivity index (χ1v) is 11.8. The van der Waals surface area contributed by atoms with Crippen LogP contribution in [0.5, 0.6) is 11.5 Å². The Kier molecular flexibility index (Phi) is 7.53. The number of rotatable bonds is 6. The number of carboxylic acids is 1. The predicted molar refractivity (Wildman–Crippen MR) is 131 cm³/mol. The zero-order valence-corrected chi connectivity index (χ0v) is 20.3. The number of phenols is 1. The van der Waals surface area contributed by atoms with E-state index in [4.69, 9.17) is 4.65 Å². The third kappa shape index (κ3) is 5.11. The Morgan fingerprint density at radius 1 is 1.11 bits per heavy atom. The third-order valence-corrected chi connectivity index (χ3v) is 6.38. The topological polar surface area (TPSA) is 186 Å². The molecule has 0 saturated carbocycles. The first kappa shape index (κ1) is 26.5. The smallest absolute Gasteiger partial charge is 0.534 e. The molecule has 0 radical (unpaired) electrons. The maximum Gasteiger partial charge on any atom is 0.547 e. The lowest BCUT2D eigenvalue weighted by Gasteiger charge is -2.33. The summed E-state index contributed by atoms with van der Waals surface area (Å²) in [6, 6.07) is 8.50. The van der Waals surface area contributed by atoms with Crippen LogP contribution in [0.25, 0.3) is 0 Å². The van der Waals surface area contributed by atoms with Crippen LogP contribution in [0.4, 0.5) is 4.79 Å². The van der Waals surface area contributed by atoms with E-state index in [0.29, 0.717) is 17.7 Å². The van der Waals surface area contributed by atoms with Gasteiger partial charge in [0.15, 0.2) is 0 Å². The normalized spacial score (nSPS) is 17.8. The molecule has 2 aliphatic rings. The molecule has 1 unspecified atom stereocenters. The summed E-state index contributed by atoms with van der Waals surface area (Å²) in [5, 5.41) is 34.9. The maximum absolute atomic E-state index is 13.4. The summed E-state index contributed by atoms with van der Waals surface area (Å²) in [4.78, 5) is 64.6. The highest BCUT2D eigenvalue weighted by Gasteiger charge is 2.41. The molecule has 0 aliphatic carbocycles. The van der Waals surface area contributed by atoms with Crippen molar-refractivity contribution < 1.29 is 43.9 Å². The van der Waals surface area contributed by atoms with Crippen molar-refractivity contribution in [3.63, 3.8) is 0 Å². The highest BCUT2D eigenvalue weighted by Crippen LogP contribution is 2.35. The van der Waals surface area contributed by atoms with Gasteiger partial charge in [0.05, 0.1) is 5.94 Å². The number of carbonyl (C=O) groups is 5. The summed E-state index contributed by atoms with van der Waals surface area (Å²) in [7, 11) is -1.67. The number of carbonyl (C=O) groups excluding carboxylic acids is 4. The van der Waals surface area contributed by atoms with Gasteiger partial charge in [-0.15, -0.1) is 0 Å². The second-order valence-corrected chi connectivity index (χ2v) is 8.72. The monoisotopic (exact) mass is 524 g/mol. The van der Waals surface area contributed by atoms with Crippen molar-refractivity contribution in [2.24, 2.45) is 0 Å². The highest BCUT2D eigenvalue weighted by molar-refractivity contribution is 6.47. The fraction of sp³-hybridized carbons (Fsp3) is 0.292.